The molecule has 0 atom stereocenters. The zero-order valence-corrected chi connectivity index (χ0v) is 11.0. The smallest absolute Gasteiger partial charge is 0.0614 e. The zero-order chi connectivity index (χ0) is 11.9. The van der Waals surface area contributed by atoms with Crippen LogP contribution in [0.4, 0.5) is 11.4 Å². The SMILES string of the molecule is CC(C)c1cccc2c1NCC(C)(C)N2C. The third-order valence-corrected chi connectivity index (χ3v) is 3.66. The highest BCUT2D eigenvalue weighted by Crippen LogP contribution is 2.39. The van der Waals surface area contributed by atoms with E-state index in [-0.39, 0.29) is 5.54 Å². The van der Waals surface area contributed by atoms with E-state index >= 15 is 0 Å². The molecule has 88 valence electrons. The number of para-hydroxylation sites is 1. The van der Waals surface area contributed by atoms with Crippen molar-refractivity contribution in [1.82, 2.24) is 0 Å². The number of rotatable bonds is 1. The Labute approximate surface area is 98.7 Å². The number of likely N-dealkylation sites (N-methyl/N-ethyl adjacent to an activating group) is 1. The largest absolute Gasteiger partial charge is 0.381 e. The van der Waals surface area contributed by atoms with Crippen LogP contribution >= 0.6 is 0 Å². The third kappa shape index (κ3) is 1.66. The zero-order valence-electron chi connectivity index (χ0n) is 11.0. The summed E-state index contributed by atoms with van der Waals surface area (Å²) in [6.45, 7) is 10.0. The van der Waals surface area contributed by atoms with Crippen molar-refractivity contribution in [3.05, 3.63) is 23.8 Å². The van der Waals surface area contributed by atoms with Crippen LogP contribution in [0.25, 0.3) is 0 Å². The van der Waals surface area contributed by atoms with Crippen LogP contribution < -0.4 is 10.2 Å². The molecule has 1 aliphatic heterocycles. The second kappa shape index (κ2) is 3.69. The second-order valence-electron chi connectivity index (χ2n) is 5.62. The van der Waals surface area contributed by atoms with Crippen LogP contribution in [0.3, 0.4) is 0 Å². The van der Waals surface area contributed by atoms with E-state index in [0.717, 1.165) is 6.54 Å². The lowest BCUT2D eigenvalue weighted by molar-refractivity contribution is 0.502. The van der Waals surface area contributed by atoms with Crippen molar-refractivity contribution < 1.29 is 0 Å². The summed E-state index contributed by atoms with van der Waals surface area (Å²) in [7, 11) is 2.18. The summed E-state index contributed by atoms with van der Waals surface area (Å²) in [5.41, 5.74) is 4.24. The van der Waals surface area contributed by atoms with E-state index in [2.05, 4.69) is 63.2 Å². The van der Waals surface area contributed by atoms with Gasteiger partial charge in [0, 0.05) is 13.6 Å². The van der Waals surface area contributed by atoms with Crippen molar-refractivity contribution in [3.63, 3.8) is 0 Å². The van der Waals surface area contributed by atoms with E-state index in [1.165, 1.54) is 16.9 Å². The second-order valence-corrected chi connectivity index (χ2v) is 5.62. The summed E-state index contributed by atoms with van der Waals surface area (Å²) >= 11 is 0. The van der Waals surface area contributed by atoms with Crippen molar-refractivity contribution in [2.24, 2.45) is 0 Å². The van der Waals surface area contributed by atoms with Crippen LogP contribution in [-0.4, -0.2) is 19.1 Å². The van der Waals surface area contributed by atoms with Gasteiger partial charge in [-0.15, -0.1) is 0 Å². The molecule has 0 unspecified atom stereocenters. The van der Waals surface area contributed by atoms with Crippen LogP contribution in [0.15, 0.2) is 18.2 Å². The summed E-state index contributed by atoms with van der Waals surface area (Å²) in [6.07, 6.45) is 0. The maximum absolute atomic E-state index is 3.59. The normalized spacial score (nSPS) is 18.2. The molecule has 0 spiro atoms. The van der Waals surface area contributed by atoms with Crippen molar-refractivity contribution >= 4 is 11.4 Å². The monoisotopic (exact) mass is 218 g/mol. The molecule has 1 heterocycles. The Hall–Kier alpha value is -1.18. The fourth-order valence-electron chi connectivity index (χ4n) is 2.26. The maximum Gasteiger partial charge on any atom is 0.0614 e. The lowest BCUT2D eigenvalue weighted by atomic mass is 9.93. The van der Waals surface area contributed by atoms with E-state index in [1.54, 1.807) is 0 Å². The predicted molar refractivity (Wildman–Crippen MR) is 71.5 cm³/mol. The highest BCUT2D eigenvalue weighted by molar-refractivity contribution is 5.77. The van der Waals surface area contributed by atoms with Gasteiger partial charge in [-0.25, -0.2) is 0 Å². The summed E-state index contributed by atoms with van der Waals surface area (Å²) < 4.78 is 0. The van der Waals surface area contributed by atoms with Gasteiger partial charge in [0.2, 0.25) is 0 Å². The van der Waals surface area contributed by atoms with Crippen molar-refractivity contribution in [2.45, 2.75) is 39.2 Å². The van der Waals surface area contributed by atoms with Crippen LogP contribution in [0.5, 0.6) is 0 Å². The quantitative estimate of drug-likeness (QED) is 0.776. The molecule has 0 saturated carbocycles. The van der Waals surface area contributed by atoms with Gasteiger partial charge in [0.15, 0.2) is 0 Å². The van der Waals surface area contributed by atoms with E-state index in [0.29, 0.717) is 5.92 Å². The predicted octanol–water partition coefficient (Wildman–Crippen LogP) is 3.45. The Balaban J connectivity index is 2.51. The topological polar surface area (TPSA) is 15.3 Å². The summed E-state index contributed by atoms with van der Waals surface area (Å²) in [6, 6.07) is 6.59. The van der Waals surface area contributed by atoms with Crippen molar-refractivity contribution in [3.8, 4) is 0 Å². The van der Waals surface area contributed by atoms with Crippen LogP contribution in [-0.2, 0) is 0 Å². The van der Waals surface area contributed by atoms with E-state index in [1.807, 2.05) is 0 Å². The number of benzene rings is 1. The Morgan fingerprint density at radius 2 is 2.00 bits per heavy atom. The van der Waals surface area contributed by atoms with Crippen LogP contribution in [0, 0.1) is 0 Å². The number of nitrogens with zero attached hydrogens (tertiary/aromatic N) is 1. The maximum atomic E-state index is 3.59. The first-order valence-corrected chi connectivity index (χ1v) is 6.04. The molecule has 1 N–H and O–H groups in total. The van der Waals surface area contributed by atoms with Gasteiger partial charge in [0.25, 0.3) is 0 Å². The molecular formula is C14H22N2. The van der Waals surface area contributed by atoms with Crippen molar-refractivity contribution in [1.29, 1.82) is 0 Å². The first-order valence-electron chi connectivity index (χ1n) is 6.04. The Morgan fingerprint density at radius 1 is 1.31 bits per heavy atom. The third-order valence-electron chi connectivity index (χ3n) is 3.66. The molecular weight excluding hydrogens is 196 g/mol. The molecule has 1 aromatic carbocycles. The van der Waals surface area contributed by atoms with Crippen molar-refractivity contribution in [2.75, 3.05) is 23.8 Å². The fraction of sp³-hybridized carbons (Fsp3) is 0.571. The summed E-state index contributed by atoms with van der Waals surface area (Å²) in [5.74, 6) is 0.567. The minimum atomic E-state index is 0.183. The Kier molecular flexibility index (Phi) is 2.61. The van der Waals surface area contributed by atoms with Gasteiger partial charge in [-0.3, -0.25) is 0 Å². The standard InChI is InChI=1S/C14H22N2/c1-10(2)11-7-6-8-12-13(11)15-9-14(3,4)16(12)5/h6-8,10,15H,9H2,1-5H3. The summed E-state index contributed by atoms with van der Waals surface area (Å²) in [4.78, 5) is 2.38. The number of nitrogens with one attached hydrogen (secondary N) is 1. The lowest BCUT2D eigenvalue weighted by Crippen LogP contribution is -2.50. The van der Waals surface area contributed by atoms with Gasteiger partial charge < -0.3 is 10.2 Å². The molecule has 1 aromatic rings. The van der Waals surface area contributed by atoms with Gasteiger partial charge in [-0.05, 0) is 31.4 Å². The Morgan fingerprint density at radius 3 is 2.62 bits per heavy atom. The van der Waals surface area contributed by atoms with Crippen LogP contribution in [0.2, 0.25) is 0 Å². The minimum Gasteiger partial charge on any atom is -0.381 e. The molecule has 0 bridgehead atoms. The molecule has 0 fully saturated rings. The molecule has 16 heavy (non-hydrogen) atoms. The minimum absolute atomic E-state index is 0.183. The molecule has 0 amide bonds. The number of fused-ring (bicyclic) bond motifs is 1. The van der Waals surface area contributed by atoms with Gasteiger partial charge >= 0.3 is 0 Å². The fourth-order valence-corrected chi connectivity index (χ4v) is 2.26. The molecule has 1 aliphatic rings. The molecule has 0 saturated heterocycles. The average Bonchev–Trinajstić information content (AvgIpc) is 2.23. The Bertz CT molecular complexity index is 394. The molecule has 2 heteroatoms. The van der Waals surface area contributed by atoms with E-state index in [4.69, 9.17) is 0 Å². The number of hydrogen-bond acceptors (Lipinski definition) is 2. The van der Waals surface area contributed by atoms with Crippen LogP contribution in [0.1, 0.15) is 39.2 Å². The first kappa shape index (κ1) is 11.3. The number of hydrogen-bond donors (Lipinski definition) is 1. The molecule has 0 aliphatic carbocycles. The average molecular weight is 218 g/mol. The highest BCUT2D eigenvalue weighted by atomic mass is 15.2. The number of anilines is 2. The van der Waals surface area contributed by atoms with E-state index < -0.39 is 0 Å². The highest BCUT2D eigenvalue weighted by Gasteiger charge is 2.30. The van der Waals surface area contributed by atoms with E-state index in [9.17, 15) is 0 Å². The van der Waals surface area contributed by atoms with Gasteiger partial charge in [-0.2, -0.15) is 0 Å². The van der Waals surface area contributed by atoms with Gasteiger partial charge in [-0.1, -0.05) is 26.0 Å². The molecule has 0 aromatic heterocycles. The first-order chi connectivity index (χ1) is 7.43. The van der Waals surface area contributed by atoms with Gasteiger partial charge in [0.1, 0.15) is 0 Å². The lowest BCUT2D eigenvalue weighted by Gasteiger charge is -2.44. The molecule has 2 nitrogen and oxygen atoms in total. The summed E-state index contributed by atoms with van der Waals surface area (Å²) in [5, 5.41) is 3.59. The molecule has 0 radical (unpaired) electrons. The van der Waals surface area contributed by atoms with Gasteiger partial charge in [0.05, 0.1) is 16.9 Å². The molecule has 2 rings (SSSR count).